The van der Waals surface area contributed by atoms with Crippen LogP contribution in [0.1, 0.15) is 34.6 Å². The van der Waals surface area contributed by atoms with Gasteiger partial charge in [0.2, 0.25) is 0 Å². The molecule has 0 aromatic heterocycles. The predicted octanol–water partition coefficient (Wildman–Crippen LogP) is 2.08. The van der Waals surface area contributed by atoms with E-state index in [1.165, 1.54) is 0 Å². The number of nitrogens with two attached hydrogens (primary N) is 1. The van der Waals surface area contributed by atoms with Crippen LogP contribution in [-0.4, -0.2) is 36.2 Å². The van der Waals surface area contributed by atoms with Crippen molar-refractivity contribution in [3.63, 3.8) is 0 Å². The highest BCUT2D eigenvalue weighted by Crippen LogP contribution is 2.62. The van der Waals surface area contributed by atoms with Crippen molar-refractivity contribution in [3.8, 4) is 0 Å². The number of nitrogens with zero attached hydrogens (tertiary/aromatic N) is 1. The third-order valence-corrected chi connectivity index (χ3v) is 4.46. The van der Waals surface area contributed by atoms with Gasteiger partial charge in [-0.3, -0.25) is 0 Å². The van der Waals surface area contributed by atoms with Gasteiger partial charge in [-0.2, -0.15) is 0 Å². The lowest BCUT2D eigenvalue weighted by atomic mass is 9.90. The molecule has 1 aliphatic carbocycles. The van der Waals surface area contributed by atoms with Crippen molar-refractivity contribution in [2.45, 2.75) is 40.2 Å². The van der Waals surface area contributed by atoms with Crippen molar-refractivity contribution >= 4 is 6.09 Å². The van der Waals surface area contributed by atoms with E-state index in [4.69, 9.17) is 10.5 Å². The molecule has 2 aliphatic rings. The van der Waals surface area contributed by atoms with Crippen molar-refractivity contribution in [2.75, 3.05) is 19.6 Å². The van der Waals surface area contributed by atoms with Crippen molar-refractivity contribution in [2.24, 2.45) is 28.9 Å². The lowest BCUT2D eigenvalue weighted by Gasteiger charge is -2.40. The van der Waals surface area contributed by atoms with E-state index < -0.39 is 5.60 Å². The number of amides is 1. The minimum atomic E-state index is -0.402. The Morgan fingerprint density at radius 1 is 1.39 bits per heavy atom. The van der Waals surface area contributed by atoms with Gasteiger partial charge < -0.3 is 15.4 Å². The van der Waals surface area contributed by atoms with Gasteiger partial charge in [0.15, 0.2) is 0 Å². The molecule has 4 nitrogen and oxygen atoms in total. The van der Waals surface area contributed by atoms with Gasteiger partial charge >= 0.3 is 6.09 Å². The molecule has 0 radical (unpaired) electrons. The Balaban J connectivity index is 1.80. The maximum Gasteiger partial charge on any atom is 0.410 e. The fourth-order valence-electron chi connectivity index (χ4n) is 3.39. The number of hydrogen-bond acceptors (Lipinski definition) is 3. The summed E-state index contributed by atoms with van der Waals surface area (Å²) in [6.45, 7) is 12.7. The summed E-state index contributed by atoms with van der Waals surface area (Å²) in [6.07, 6.45) is -0.179. The van der Waals surface area contributed by atoms with E-state index in [0.29, 0.717) is 23.2 Å². The van der Waals surface area contributed by atoms with Crippen LogP contribution in [0.3, 0.4) is 0 Å². The van der Waals surface area contributed by atoms with E-state index in [-0.39, 0.29) is 6.09 Å². The number of carbonyl (C=O) groups excluding carboxylic acids is 1. The maximum absolute atomic E-state index is 11.8. The number of likely N-dealkylation sites (tertiary alicyclic amines) is 1. The molecule has 18 heavy (non-hydrogen) atoms. The highest BCUT2D eigenvalue weighted by Gasteiger charge is 2.62. The second kappa shape index (κ2) is 4.12. The van der Waals surface area contributed by atoms with Crippen LogP contribution >= 0.6 is 0 Å². The van der Waals surface area contributed by atoms with Gasteiger partial charge in [0.1, 0.15) is 5.60 Å². The minimum absolute atomic E-state index is 0.179. The van der Waals surface area contributed by atoms with E-state index >= 15 is 0 Å². The molecule has 1 amide bonds. The Labute approximate surface area is 110 Å². The SMILES string of the molecule is CC(C)(C)OC(=O)N1CC([C@@H]2[C@@H](CN)C2(C)C)C1. The van der Waals surface area contributed by atoms with Crippen LogP contribution in [0, 0.1) is 23.2 Å². The van der Waals surface area contributed by atoms with Gasteiger partial charge in [-0.15, -0.1) is 0 Å². The van der Waals surface area contributed by atoms with E-state index in [0.717, 1.165) is 19.6 Å². The van der Waals surface area contributed by atoms with Gasteiger partial charge in [0.05, 0.1) is 0 Å². The summed E-state index contributed by atoms with van der Waals surface area (Å²) in [5.74, 6) is 1.92. The van der Waals surface area contributed by atoms with E-state index in [9.17, 15) is 4.79 Å². The molecule has 104 valence electrons. The molecule has 4 heteroatoms. The van der Waals surface area contributed by atoms with E-state index in [1.807, 2.05) is 20.8 Å². The smallest absolute Gasteiger partial charge is 0.410 e. The van der Waals surface area contributed by atoms with Gasteiger partial charge in [0, 0.05) is 13.1 Å². The average Bonchev–Trinajstić information content (AvgIpc) is 2.62. The monoisotopic (exact) mass is 254 g/mol. The second-order valence-corrected chi connectivity index (χ2v) is 7.33. The fourth-order valence-corrected chi connectivity index (χ4v) is 3.39. The van der Waals surface area contributed by atoms with Crippen LogP contribution in [0.4, 0.5) is 4.79 Å². The molecule has 0 aromatic carbocycles. The summed E-state index contributed by atoms with van der Waals surface area (Å²) in [6, 6.07) is 0. The highest BCUT2D eigenvalue weighted by molar-refractivity contribution is 5.69. The van der Waals surface area contributed by atoms with Crippen molar-refractivity contribution < 1.29 is 9.53 Å². The van der Waals surface area contributed by atoms with Crippen LogP contribution < -0.4 is 5.73 Å². The van der Waals surface area contributed by atoms with Crippen LogP contribution in [0.5, 0.6) is 0 Å². The van der Waals surface area contributed by atoms with Crippen molar-refractivity contribution in [1.29, 1.82) is 0 Å². The Bertz CT molecular complexity index is 340. The van der Waals surface area contributed by atoms with Crippen LogP contribution in [0.25, 0.3) is 0 Å². The van der Waals surface area contributed by atoms with Gasteiger partial charge in [-0.1, -0.05) is 13.8 Å². The van der Waals surface area contributed by atoms with Gasteiger partial charge in [-0.25, -0.2) is 4.79 Å². The van der Waals surface area contributed by atoms with E-state index in [1.54, 1.807) is 4.90 Å². The molecule has 2 rings (SSSR count). The highest BCUT2D eigenvalue weighted by atomic mass is 16.6. The molecular formula is C14H26N2O2. The molecule has 1 saturated heterocycles. The Morgan fingerprint density at radius 3 is 2.33 bits per heavy atom. The topological polar surface area (TPSA) is 55.6 Å². The zero-order chi connectivity index (χ0) is 13.7. The lowest BCUT2D eigenvalue weighted by molar-refractivity contribution is -0.00653. The third kappa shape index (κ3) is 2.35. The molecule has 0 unspecified atom stereocenters. The van der Waals surface area contributed by atoms with Crippen LogP contribution in [0.2, 0.25) is 0 Å². The molecule has 2 fully saturated rings. The lowest BCUT2D eigenvalue weighted by Crippen LogP contribution is -2.52. The first-order valence-corrected chi connectivity index (χ1v) is 6.85. The van der Waals surface area contributed by atoms with Crippen molar-refractivity contribution in [1.82, 2.24) is 4.90 Å². The van der Waals surface area contributed by atoms with Crippen molar-refractivity contribution in [3.05, 3.63) is 0 Å². The average molecular weight is 254 g/mol. The molecule has 1 aliphatic heterocycles. The van der Waals surface area contributed by atoms with Gasteiger partial charge in [0.25, 0.3) is 0 Å². The second-order valence-electron chi connectivity index (χ2n) is 7.33. The zero-order valence-corrected chi connectivity index (χ0v) is 12.2. The number of carbonyl (C=O) groups is 1. The zero-order valence-electron chi connectivity index (χ0n) is 12.2. The molecule has 0 spiro atoms. The molecule has 1 saturated carbocycles. The Kier molecular flexibility index (Phi) is 3.13. The Morgan fingerprint density at radius 2 is 1.94 bits per heavy atom. The Hall–Kier alpha value is -0.770. The molecular weight excluding hydrogens is 228 g/mol. The van der Waals surface area contributed by atoms with Gasteiger partial charge in [-0.05, 0) is 50.5 Å². The molecule has 2 atom stereocenters. The fraction of sp³-hybridized carbons (Fsp3) is 0.929. The number of hydrogen-bond donors (Lipinski definition) is 1. The number of ether oxygens (including phenoxy) is 1. The first-order chi connectivity index (χ1) is 8.16. The summed E-state index contributed by atoms with van der Waals surface area (Å²) < 4.78 is 5.36. The summed E-state index contributed by atoms with van der Waals surface area (Å²) in [5, 5.41) is 0. The third-order valence-electron chi connectivity index (χ3n) is 4.46. The van der Waals surface area contributed by atoms with Crippen LogP contribution in [-0.2, 0) is 4.74 Å². The number of rotatable bonds is 2. The quantitative estimate of drug-likeness (QED) is 0.821. The summed E-state index contributed by atoms with van der Waals surface area (Å²) >= 11 is 0. The molecule has 0 bridgehead atoms. The summed E-state index contributed by atoms with van der Waals surface area (Å²) in [5.41, 5.74) is 5.75. The van der Waals surface area contributed by atoms with Crippen LogP contribution in [0.15, 0.2) is 0 Å². The molecule has 0 aromatic rings. The first kappa shape index (κ1) is 13.7. The first-order valence-electron chi connectivity index (χ1n) is 6.85. The predicted molar refractivity (Wildman–Crippen MR) is 71.1 cm³/mol. The normalized spacial score (nSPS) is 30.9. The summed E-state index contributed by atoms with van der Waals surface area (Å²) in [7, 11) is 0. The maximum atomic E-state index is 11.8. The molecule has 2 N–H and O–H groups in total. The largest absolute Gasteiger partial charge is 0.444 e. The van der Waals surface area contributed by atoms with E-state index in [2.05, 4.69) is 13.8 Å². The molecule has 1 heterocycles. The standard InChI is InChI=1S/C14H26N2O2/c1-13(2,3)18-12(17)16-7-9(8-16)11-10(6-15)14(11,4)5/h9-11H,6-8,15H2,1-5H3/t10-,11-/m1/s1. The minimum Gasteiger partial charge on any atom is -0.444 e. The summed E-state index contributed by atoms with van der Waals surface area (Å²) in [4.78, 5) is 13.6.